The number of fused-ring (bicyclic) bond motifs is 6. The topological polar surface area (TPSA) is 184 Å². The zero-order chi connectivity index (χ0) is 73.0. The number of nitrogens with zero attached hydrogens (tertiary/aromatic N) is 8. The molecule has 0 bridgehead atoms. The average molecular weight is 1430 g/mol. The van der Waals surface area contributed by atoms with Gasteiger partial charge in [0.1, 0.15) is 23.7 Å². The highest BCUT2D eigenvalue weighted by atomic mass is 16.2. The Morgan fingerprint density at radius 1 is 0.343 bits per heavy atom. The summed E-state index contributed by atoms with van der Waals surface area (Å²) in [4.78, 5) is 70.9. The summed E-state index contributed by atoms with van der Waals surface area (Å²) < 4.78 is 4.24. The number of amides is 4. The van der Waals surface area contributed by atoms with E-state index in [-0.39, 0.29) is 83.6 Å². The Hall–Kier alpha value is -12.0. The van der Waals surface area contributed by atoms with Crippen molar-refractivity contribution in [2.45, 2.75) is 112 Å². The van der Waals surface area contributed by atoms with Crippen LogP contribution in [0.15, 0.2) is 304 Å². The molecule has 0 radical (unpaired) electrons. The molecule has 0 unspecified atom stereocenters. The molecule has 18 rings (SSSR count). The maximum absolute atomic E-state index is 14.9. The predicted molar refractivity (Wildman–Crippen MR) is 419 cm³/mol. The molecule has 6 aliphatic rings. The molecule has 540 valence electrons. The lowest BCUT2D eigenvalue weighted by Crippen LogP contribution is -2.50. The monoisotopic (exact) mass is 1420 g/mol. The quantitative estimate of drug-likeness (QED) is 0.0679. The molecule has 12 aromatic rings. The number of carbonyl (C=O) groups is 4. The van der Waals surface area contributed by atoms with Crippen LogP contribution in [-0.4, -0.2) is 88.1 Å². The van der Waals surface area contributed by atoms with E-state index in [9.17, 15) is 19.2 Å². The molecule has 16 nitrogen and oxygen atoms in total. The molecule has 6 heterocycles. The lowest BCUT2D eigenvalue weighted by Gasteiger charge is -2.43. The van der Waals surface area contributed by atoms with Crippen molar-refractivity contribution in [2.75, 3.05) is 23.7 Å². The summed E-state index contributed by atoms with van der Waals surface area (Å²) in [7, 11) is 0. The molecule has 2 saturated heterocycles. The molecule has 108 heavy (non-hydrogen) atoms. The van der Waals surface area contributed by atoms with Gasteiger partial charge in [-0.15, -0.1) is 0 Å². The number of aromatic nitrogens is 6. The first-order valence-electron chi connectivity index (χ1n) is 38.5. The highest BCUT2D eigenvalue weighted by Crippen LogP contribution is 2.56. The van der Waals surface area contributed by atoms with Gasteiger partial charge >= 0.3 is 0 Å². The van der Waals surface area contributed by atoms with Gasteiger partial charge in [0.25, 0.3) is 11.8 Å². The van der Waals surface area contributed by atoms with Crippen molar-refractivity contribution in [1.29, 1.82) is 0 Å². The van der Waals surface area contributed by atoms with Crippen molar-refractivity contribution in [3.05, 3.63) is 371 Å². The zero-order valence-corrected chi connectivity index (χ0v) is 60.3. The van der Waals surface area contributed by atoms with Crippen molar-refractivity contribution in [3.63, 3.8) is 0 Å². The number of para-hydroxylation sites is 2. The second kappa shape index (κ2) is 30.4. The molecule has 10 aromatic carbocycles. The fraction of sp³-hybridized carbons (Fsp3) is 0.261. The largest absolute Gasteiger partial charge is 0.374 e. The predicted octanol–water partition coefficient (Wildman–Crippen LogP) is 16.3. The minimum atomic E-state index is -0.829. The number of hydrogen-bond acceptors (Lipinski definition) is 10. The molecular formula is C92H88N12O4. The van der Waals surface area contributed by atoms with Crippen LogP contribution in [-0.2, 0) is 20.7 Å². The van der Waals surface area contributed by atoms with Crippen LogP contribution in [0.25, 0.3) is 0 Å². The van der Waals surface area contributed by atoms with Crippen molar-refractivity contribution < 1.29 is 19.2 Å². The van der Waals surface area contributed by atoms with E-state index in [0.717, 1.165) is 132 Å². The number of rotatable bonds is 16. The van der Waals surface area contributed by atoms with Gasteiger partial charge in [-0.3, -0.25) is 19.2 Å². The van der Waals surface area contributed by atoms with Crippen LogP contribution in [0.1, 0.15) is 165 Å². The van der Waals surface area contributed by atoms with Crippen molar-refractivity contribution in [3.8, 4) is 0 Å². The third-order valence-corrected chi connectivity index (χ3v) is 23.9. The van der Waals surface area contributed by atoms with E-state index in [0.29, 0.717) is 24.2 Å². The van der Waals surface area contributed by atoms with Gasteiger partial charge in [0.2, 0.25) is 11.8 Å². The van der Waals surface area contributed by atoms with Crippen LogP contribution in [0.2, 0.25) is 0 Å². The molecule has 2 aliphatic carbocycles. The first kappa shape index (κ1) is 69.0. The van der Waals surface area contributed by atoms with Crippen LogP contribution < -0.4 is 21.3 Å². The Morgan fingerprint density at radius 3 is 0.954 bits per heavy atom. The number of nitrogens with one attached hydrogen (secondary N) is 4. The molecule has 4 amide bonds. The Labute approximate surface area is 630 Å². The van der Waals surface area contributed by atoms with E-state index in [2.05, 4.69) is 222 Å². The molecule has 2 saturated carbocycles. The van der Waals surface area contributed by atoms with E-state index in [1.807, 2.05) is 109 Å². The third-order valence-electron chi connectivity index (χ3n) is 23.9. The Balaban J connectivity index is 0.000000158. The Kier molecular flexibility index (Phi) is 19.5. The summed E-state index contributed by atoms with van der Waals surface area (Å²) in [6, 6.07) is 97.5. The van der Waals surface area contributed by atoms with E-state index >= 15 is 0 Å². The van der Waals surface area contributed by atoms with Gasteiger partial charge in [0.15, 0.2) is 11.6 Å². The van der Waals surface area contributed by atoms with Crippen LogP contribution in [0.4, 0.5) is 11.4 Å². The van der Waals surface area contributed by atoms with Gasteiger partial charge in [0, 0.05) is 59.5 Å². The first-order valence-corrected chi connectivity index (χ1v) is 38.5. The second-order valence-electron chi connectivity index (χ2n) is 29.6. The minimum Gasteiger partial charge on any atom is -0.374 e. The lowest BCUT2D eigenvalue weighted by atomic mass is 9.76. The highest BCUT2D eigenvalue weighted by Gasteiger charge is 2.54. The number of hydrogen-bond donors (Lipinski definition) is 4. The van der Waals surface area contributed by atoms with Gasteiger partial charge in [-0.2, -0.15) is 10.2 Å². The molecule has 16 heteroatoms. The molecule has 10 atom stereocenters. The Morgan fingerprint density at radius 2 is 0.630 bits per heavy atom. The first-order chi connectivity index (χ1) is 53.3. The van der Waals surface area contributed by atoms with Gasteiger partial charge in [-0.1, -0.05) is 280 Å². The number of anilines is 2. The summed E-state index contributed by atoms with van der Waals surface area (Å²) in [5.74, 6) is 1.16. The summed E-state index contributed by atoms with van der Waals surface area (Å²) in [5.41, 5.74) is 10.3. The molecule has 4 fully saturated rings. The zero-order valence-electron chi connectivity index (χ0n) is 60.3. The van der Waals surface area contributed by atoms with Crippen LogP contribution in [0.5, 0.6) is 0 Å². The van der Waals surface area contributed by atoms with E-state index in [4.69, 9.17) is 20.2 Å². The maximum Gasteiger partial charge on any atom is 0.251 e. The smallest absolute Gasteiger partial charge is 0.251 e. The number of benzene rings is 10. The molecule has 4 N–H and O–H groups in total. The summed E-state index contributed by atoms with van der Waals surface area (Å²) in [5, 5.41) is 24.5. The maximum atomic E-state index is 14.9. The van der Waals surface area contributed by atoms with Gasteiger partial charge in [-0.25, -0.2) is 19.3 Å². The van der Waals surface area contributed by atoms with Gasteiger partial charge in [-0.05, 0) is 119 Å². The minimum absolute atomic E-state index is 0.0350. The van der Waals surface area contributed by atoms with Gasteiger partial charge in [0.05, 0.1) is 36.0 Å². The van der Waals surface area contributed by atoms with Gasteiger partial charge < -0.3 is 31.1 Å². The van der Waals surface area contributed by atoms with E-state index in [1.54, 1.807) is 12.7 Å². The summed E-state index contributed by atoms with van der Waals surface area (Å²) in [6.07, 6.45) is 12.0. The molecule has 4 aliphatic heterocycles. The molecule has 2 aromatic heterocycles. The normalized spacial score (nSPS) is 22.1. The van der Waals surface area contributed by atoms with E-state index in [1.165, 1.54) is 0 Å². The van der Waals surface area contributed by atoms with Crippen molar-refractivity contribution in [1.82, 2.24) is 50.0 Å². The third kappa shape index (κ3) is 12.6. The lowest BCUT2D eigenvalue weighted by molar-refractivity contribution is -0.139. The van der Waals surface area contributed by atoms with Crippen LogP contribution >= 0.6 is 0 Å². The summed E-state index contributed by atoms with van der Waals surface area (Å²) >= 11 is 0. The number of likely N-dealkylation sites (tertiary alicyclic amines) is 2. The van der Waals surface area contributed by atoms with Crippen LogP contribution in [0, 0.1) is 23.7 Å². The summed E-state index contributed by atoms with van der Waals surface area (Å²) in [6.45, 7) is 1.26. The van der Waals surface area contributed by atoms with Crippen LogP contribution in [0.3, 0.4) is 0 Å². The molecule has 0 spiro atoms. The highest BCUT2D eigenvalue weighted by molar-refractivity contribution is 5.95. The molecular weight excluding hydrogens is 1340 g/mol. The van der Waals surface area contributed by atoms with E-state index < -0.39 is 11.1 Å². The second-order valence-corrected chi connectivity index (χ2v) is 29.6. The fourth-order valence-electron chi connectivity index (χ4n) is 19.0. The fourth-order valence-corrected chi connectivity index (χ4v) is 19.0. The van der Waals surface area contributed by atoms with Crippen molar-refractivity contribution in [2.24, 2.45) is 23.7 Å². The average Bonchev–Trinajstić information content (AvgIpc) is 1.39. The standard InChI is InChI=1S/2C46H44N6O2/c2*53-44(32-17-5-1-6-18-32)50-40-28-16-14-26-37(40)45(54)51-30-29-38-41(49-39-27-15-13-25-36(39)42(38)51)43-47-31-48-52(43)46(33-19-7-2-8-20-33,34-21-9-3-10-22-34)35-23-11-4-12-24-35/h2*1-13,15,17-25,27,31,37-38,40-42,49H,14,16,26,28-30H2,(H,50,53)/t37-,38+,40+,41+,42-;37-,38-,40+,41-,42+/m00/s1. The SMILES string of the molecule is O=C(N[C@@H]1CCCC[C@@H]1C(=O)N1CC[C@@H]2[C@H](c3ncnn3C(c3ccccc3)(c3ccccc3)c3ccccc3)Nc3ccccc3[C@@H]21)c1ccccc1.O=C(N[C@@H]1CCCC[C@@H]1C(=O)N1CC[C@H]2[C@@H](c3ncnn3C(c3ccccc3)(c3ccccc3)c3ccccc3)Nc3ccccc3[C@H]21)c1ccccc1. The number of carbonyl (C=O) groups excluding carboxylic acids is 4. The Bertz CT molecular complexity index is 4580. The van der Waals surface area contributed by atoms with Crippen molar-refractivity contribution >= 4 is 35.0 Å².